The van der Waals surface area contributed by atoms with Gasteiger partial charge in [-0.3, -0.25) is 4.79 Å². The van der Waals surface area contributed by atoms with E-state index in [-0.39, 0.29) is 39.7 Å². The van der Waals surface area contributed by atoms with E-state index >= 15 is 0 Å². The summed E-state index contributed by atoms with van der Waals surface area (Å²) in [4.78, 5) is 24.8. The standard InChI is InChI=1S/C23H18O7S/c1-28-16-7-9-17(10-8-16)29-12-13-30-23(25)15-6-11-19-21(14-15)31(26,27)20-5-3-2-4-18(20)22(19)24/h2-11,14H,12-13H2,1H3. The lowest BCUT2D eigenvalue weighted by atomic mass is 10.0. The summed E-state index contributed by atoms with van der Waals surface area (Å²) in [5, 5.41) is 0. The van der Waals surface area contributed by atoms with Crippen LogP contribution in [-0.4, -0.2) is 40.5 Å². The van der Waals surface area contributed by atoms with Gasteiger partial charge in [-0.25, -0.2) is 13.2 Å². The first-order valence-corrected chi connectivity index (χ1v) is 10.9. The highest BCUT2D eigenvalue weighted by Crippen LogP contribution is 2.34. The zero-order valence-electron chi connectivity index (χ0n) is 16.5. The number of esters is 1. The van der Waals surface area contributed by atoms with E-state index in [1.54, 1.807) is 43.5 Å². The molecule has 3 aromatic rings. The van der Waals surface area contributed by atoms with Gasteiger partial charge in [0.25, 0.3) is 0 Å². The summed E-state index contributed by atoms with van der Waals surface area (Å²) in [6.45, 7) is 0.0869. The van der Waals surface area contributed by atoms with Gasteiger partial charge in [0, 0.05) is 11.1 Å². The third-order valence-electron chi connectivity index (χ3n) is 4.82. The average molecular weight is 438 g/mol. The molecule has 1 aliphatic heterocycles. The number of hydrogen-bond donors (Lipinski definition) is 0. The van der Waals surface area contributed by atoms with E-state index in [0.29, 0.717) is 11.5 Å². The molecule has 0 aliphatic carbocycles. The fourth-order valence-electron chi connectivity index (χ4n) is 3.26. The molecule has 158 valence electrons. The van der Waals surface area contributed by atoms with Crippen molar-refractivity contribution in [2.75, 3.05) is 20.3 Å². The lowest BCUT2D eigenvalue weighted by molar-refractivity contribution is 0.0450. The summed E-state index contributed by atoms with van der Waals surface area (Å²) >= 11 is 0. The molecule has 0 radical (unpaired) electrons. The van der Waals surface area contributed by atoms with Crippen molar-refractivity contribution in [3.05, 3.63) is 83.4 Å². The Morgan fingerprint density at radius 2 is 1.52 bits per heavy atom. The Balaban J connectivity index is 1.45. The molecule has 4 rings (SSSR count). The largest absolute Gasteiger partial charge is 0.497 e. The van der Waals surface area contributed by atoms with Crippen molar-refractivity contribution >= 4 is 21.6 Å². The molecule has 0 spiro atoms. The van der Waals surface area contributed by atoms with Gasteiger partial charge < -0.3 is 14.2 Å². The van der Waals surface area contributed by atoms with Gasteiger partial charge >= 0.3 is 5.97 Å². The van der Waals surface area contributed by atoms with E-state index in [4.69, 9.17) is 14.2 Å². The summed E-state index contributed by atoms with van der Waals surface area (Å²) in [5.41, 5.74) is 0.207. The number of rotatable bonds is 6. The first-order chi connectivity index (χ1) is 14.9. The molecule has 0 bridgehead atoms. The van der Waals surface area contributed by atoms with Gasteiger partial charge in [-0.05, 0) is 54.6 Å². The Morgan fingerprint density at radius 3 is 2.26 bits per heavy atom. The van der Waals surface area contributed by atoms with Crippen LogP contribution >= 0.6 is 0 Å². The van der Waals surface area contributed by atoms with Crippen LogP contribution in [0.25, 0.3) is 0 Å². The van der Waals surface area contributed by atoms with Gasteiger partial charge in [0.2, 0.25) is 9.84 Å². The fraction of sp³-hybridized carbons (Fsp3) is 0.130. The highest BCUT2D eigenvalue weighted by atomic mass is 32.2. The molecular formula is C23H18O7S. The molecular weight excluding hydrogens is 420 g/mol. The number of fused-ring (bicyclic) bond motifs is 2. The van der Waals surface area contributed by atoms with Crippen LogP contribution in [0, 0.1) is 0 Å². The lowest BCUT2D eigenvalue weighted by Gasteiger charge is -2.19. The highest BCUT2D eigenvalue weighted by Gasteiger charge is 2.35. The van der Waals surface area contributed by atoms with Crippen LogP contribution in [-0.2, 0) is 14.6 Å². The number of methoxy groups -OCH3 is 1. The second-order valence-corrected chi connectivity index (χ2v) is 8.59. The zero-order chi connectivity index (χ0) is 22.0. The smallest absolute Gasteiger partial charge is 0.338 e. The average Bonchev–Trinajstić information content (AvgIpc) is 2.80. The van der Waals surface area contributed by atoms with Crippen LogP contribution in [0.1, 0.15) is 26.3 Å². The number of benzene rings is 3. The van der Waals surface area contributed by atoms with E-state index in [1.165, 1.54) is 30.3 Å². The van der Waals surface area contributed by atoms with Crippen molar-refractivity contribution < 1.29 is 32.2 Å². The van der Waals surface area contributed by atoms with Gasteiger partial charge in [-0.1, -0.05) is 12.1 Å². The molecule has 7 nitrogen and oxygen atoms in total. The second-order valence-electron chi connectivity index (χ2n) is 6.70. The van der Waals surface area contributed by atoms with Crippen molar-refractivity contribution in [2.24, 2.45) is 0 Å². The van der Waals surface area contributed by atoms with Crippen LogP contribution < -0.4 is 9.47 Å². The maximum Gasteiger partial charge on any atom is 0.338 e. The fourth-order valence-corrected chi connectivity index (χ4v) is 4.94. The number of carbonyl (C=O) groups excluding carboxylic acids is 2. The van der Waals surface area contributed by atoms with Crippen molar-refractivity contribution in [2.45, 2.75) is 9.79 Å². The van der Waals surface area contributed by atoms with E-state index in [2.05, 4.69) is 0 Å². The Hall–Kier alpha value is -3.65. The van der Waals surface area contributed by atoms with Crippen molar-refractivity contribution in [1.29, 1.82) is 0 Å². The first-order valence-electron chi connectivity index (χ1n) is 9.38. The van der Waals surface area contributed by atoms with Crippen LogP contribution in [0.5, 0.6) is 11.5 Å². The molecule has 0 amide bonds. The van der Waals surface area contributed by atoms with Crippen LogP contribution in [0.3, 0.4) is 0 Å². The molecule has 0 aromatic heterocycles. The monoisotopic (exact) mass is 438 g/mol. The number of hydrogen-bond acceptors (Lipinski definition) is 7. The maximum atomic E-state index is 12.9. The predicted molar refractivity (Wildman–Crippen MR) is 111 cm³/mol. The summed E-state index contributed by atoms with van der Waals surface area (Å²) in [6, 6.07) is 16.9. The van der Waals surface area contributed by atoms with Crippen LogP contribution in [0.15, 0.2) is 76.5 Å². The molecule has 1 heterocycles. The SMILES string of the molecule is COc1ccc(OCCOC(=O)c2ccc3c(c2)S(=O)(=O)c2ccccc2C3=O)cc1. The van der Waals surface area contributed by atoms with Crippen molar-refractivity contribution in [3.8, 4) is 11.5 Å². The Bertz CT molecular complexity index is 1260. The van der Waals surface area contributed by atoms with E-state index in [1.807, 2.05) is 0 Å². The van der Waals surface area contributed by atoms with Gasteiger partial charge in [-0.2, -0.15) is 0 Å². The third-order valence-corrected chi connectivity index (χ3v) is 6.67. The molecule has 0 unspecified atom stereocenters. The lowest BCUT2D eigenvalue weighted by Crippen LogP contribution is -2.21. The van der Waals surface area contributed by atoms with Crippen molar-refractivity contribution in [1.82, 2.24) is 0 Å². The molecule has 0 N–H and O–H groups in total. The number of sulfone groups is 1. The van der Waals surface area contributed by atoms with Crippen LogP contribution in [0.4, 0.5) is 0 Å². The van der Waals surface area contributed by atoms with Gasteiger partial charge in [-0.15, -0.1) is 0 Å². The molecule has 0 saturated carbocycles. The number of carbonyl (C=O) groups is 2. The normalized spacial score (nSPS) is 13.6. The Morgan fingerprint density at radius 1 is 0.839 bits per heavy atom. The first kappa shape index (κ1) is 20.6. The van der Waals surface area contributed by atoms with Gasteiger partial charge in [0.1, 0.15) is 24.7 Å². The minimum atomic E-state index is -3.92. The quantitative estimate of drug-likeness (QED) is 0.337. The van der Waals surface area contributed by atoms with Gasteiger partial charge in [0.05, 0.1) is 22.5 Å². The van der Waals surface area contributed by atoms with Gasteiger partial charge in [0.15, 0.2) is 5.78 Å². The number of ketones is 1. The summed E-state index contributed by atoms with van der Waals surface area (Å²) in [6.07, 6.45) is 0. The minimum Gasteiger partial charge on any atom is -0.497 e. The van der Waals surface area contributed by atoms with E-state index < -0.39 is 21.6 Å². The molecule has 1 aliphatic rings. The van der Waals surface area contributed by atoms with E-state index in [9.17, 15) is 18.0 Å². The molecule has 0 fully saturated rings. The van der Waals surface area contributed by atoms with Crippen LogP contribution in [0.2, 0.25) is 0 Å². The zero-order valence-corrected chi connectivity index (χ0v) is 17.3. The molecule has 31 heavy (non-hydrogen) atoms. The third kappa shape index (κ3) is 3.89. The summed E-state index contributed by atoms with van der Waals surface area (Å²) < 4.78 is 41.6. The Labute approximate surface area is 179 Å². The highest BCUT2D eigenvalue weighted by molar-refractivity contribution is 7.91. The molecule has 0 atom stereocenters. The van der Waals surface area contributed by atoms with Crippen molar-refractivity contribution in [3.63, 3.8) is 0 Å². The Kier molecular flexibility index (Phi) is 5.48. The molecule has 3 aromatic carbocycles. The number of ether oxygens (including phenoxy) is 3. The van der Waals surface area contributed by atoms with E-state index in [0.717, 1.165) is 0 Å². The molecule has 8 heteroatoms. The topological polar surface area (TPSA) is 96.0 Å². The summed E-state index contributed by atoms with van der Waals surface area (Å²) in [5.74, 6) is 0.187. The second kappa shape index (κ2) is 8.23. The molecule has 0 saturated heterocycles. The summed E-state index contributed by atoms with van der Waals surface area (Å²) in [7, 11) is -2.36. The maximum absolute atomic E-state index is 12.9. The minimum absolute atomic E-state index is 0.0313. The predicted octanol–water partition coefficient (Wildman–Crippen LogP) is 3.31.